The molecule has 3 rings (SSSR count). The third-order valence-electron chi connectivity index (χ3n) is 3.98. The van der Waals surface area contributed by atoms with E-state index in [1.54, 1.807) is 0 Å². The minimum absolute atomic E-state index is 0.121. The predicted molar refractivity (Wildman–Crippen MR) is 95.5 cm³/mol. The third kappa shape index (κ3) is 4.28. The second-order valence-corrected chi connectivity index (χ2v) is 5.97. The average molecular weight is 327 g/mol. The predicted octanol–water partition coefficient (Wildman–Crippen LogP) is 1.52. The van der Waals surface area contributed by atoms with Gasteiger partial charge in [0.15, 0.2) is 5.96 Å². The maximum absolute atomic E-state index is 5.94. The Morgan fingerprint density at radius 3 is 3.00 bits per heavy atom. The third-order valence-corrected chi connectivity index (χ3v) is 3.98. The molecule has 1 aliphatic rings. The number of ether oxygens (including phenoxy) is 1. The molecule has 2 N–H and O–H groups in total. The second-order valence-electron chi connectivity index (χ2n) is 5.97. The van der Waals surface area contributed by atoms with Crippen molar-refractivity contribution in [3.8, 4) is 5.75 Å². The van der Waals surface area contributed by atoms with E-state index >= 15 is 0 Å². The van der Waals surface area contributed by atoms with Crippen LogP contribution < -0.4 is 15.4 Å². The summed E-state index contributed by atoms with van der Waals surface area (Å²) in [7, 11) is 1.93. The Morgan fingerprint density at radius 2 is 2.25 bits per heavy atom. The fourth-order valence-corrected chi connectivity index (χ4v) is 2.82. The van der Waals surface area contributed by atoms with Crippen LogP contribution in [-0.2, 0) is 19.9 Å². The smallest absolute Gasteiger partial charge is 0.191 e. The van der Waals surface area contributed by atoms with E-state index in [2.05, 4.69) is 39.8 Å². The number of para-hydroxylation sites is 1. The highest BCUT2D eigenvalue weighted by Gasteiger charge is 2.21. The summed E-state index contributed by atoms with van der Waals surface area (Å²) in [5.74, 6) is 1.83. The molecule has 6 heteroatoms. The molecule has 1 unspecified atom stereocenters. The highest BCUT2D eigenvalue weighted by Crippen LogP contribution is 2.28. The van der Waals surface area contributed by atoms with E-state index in [-0.39, 0.29) is 6.10 Å². The Labute approximate surface area is 142 Å². The van der Waals surface area contributed by atoms with E-state index in [1.165, 1.54) is 11.1 Å². The van der Waals surface area contributed by atoms with Crippen LogP contribution in [0.15, 0.2) is 41.7 Å². The number of aromatic nitrogens is 2. The first-order chi connectivity index (χ1) is 11.7. The number of fused-ring (bicyclic) bond motifs is 1. The first-order valence-electron chi connectivity index (χ1n) is 8.49. The molecule has 24 heavy (non-hydrogen) atoms. The van der Waals surface area contributed by atoms with Crippen molar-refractivity contribution in [2.24, 2.45) is 12.0 Å². The van der Waals surface area contributed by atoms with E-state index in [0.29, 0.717) is 6.54 Å². The van der Waals surface area contributed by atoms with Crippen molar-refractivity contribution >= 4 is 5.96 Å². The number of aliphatic imine (C=N–C) groups is 1. The van der Waals surface area contributed by atoms with Crippen LogP contribution in [0.3, 0.4) is 0 Å². The molecule has 1 aliphatic heterocycles. The molecule has 0 radical (unpaired) electrons. The standard InChI is InChI=1S/C18H25N5O/c1-3-19-18(20-9-8-14-11-22-23(2)13-14)21-12-16-10-15-6-4-5-7-17(15)24-16/h4-7,11,13,16H,3,8-10,12H2,1-2H3,(H2,19,20,21). The lowest BCUT2D eigenvalue weighted by atomic mass is 10.1. The summed E-state index contributed by atoms with van der Waals surface area (Å²) in [5.41, 5.74) is 2.49. The summed E-state index contributed by atoms with van der Waals surface area (Å²) in [6.07, 6.45) is 5.90. The van der Waals surface area contributed by atoms with Gasteiger partial charge in [-0.2, -0.15) is 5.10 Å². The first-order valence-corrected chi connectivity index (χ1v) is 8.49. The van der Waals surface area contributed by atoms with Crippen molar-refractivity contribution in [2.45, 2.75) is 25.9 Å². The van der Waals surface area contributed by atoms with Gasteiger partial charge in [0.25, 0.3) is 0 Å². The summed E-state index contributed by atoms with van der Waals surface area (Å²) in [5, 5.41) is 10.8. The Balaban J connectivity index is 1.49. The minimum atomic E-state index is 0.121. The fraction of sp³-hybridized carbons (Fsp3) is 0.444. The minimum Gasteiger partial charge on any atom is -0.488 e. The van der Waals surface area contributed by atoms with Crippen molar-refractivity contribution in [1.29, 1.82) is 0 Å². The number of nitrogens with zero attached hydrogens (tertiary/aromatic N) is 3. The number of benzene rings is 1. The first kappa shape index (κ1) is 16.4. The van der Waals surface area contributed by atoms with E-state index < -0.39 is 0 Å². The molecule has 0 spiro atoms. The molecular formula is C18H25N5O. The highest BCUT2D eigenvalue weighted by atomic mass is 16.5. The number of nitrogens with one attached hydrogen (secondary N) is 2. The van der Waals surface area contributed by atoms with Crippen molar-refractivity contribution in [3.05, 3.63) is 47.8 Å². The Kier molecular flexibility index (Phi) is 5.36. The van der Waals surface area contributed by atoms with Gasteiger partial charge in [0, 0.05) is 32.8 Å². The van der Waals surface area contributed by atoms with Gasteiger partial charge in [-0.25, -0.2) is 4.99 Å². The van der Waals surface area contributed by atoms with Gasteiger partial charge in [0.1, 0.15) is 11.9 Å². The molecule has 0 bridgehead atoms. The lowest BCUT2D eigenvalue weighted by Crippen LogP contribution is -2.39. The van der Waals surface area contributed by atoms with Crippen molar-refractivity contribution < 1.29 is 4.74 Å². The molecule has 0 saturated heterocycles. The fourth-order valence-electron chi connectivity index (χ4n) is 2.82. The Morgan fingerprint density at radius 1 is 1.38 bits per heavy atom. The normalized spacial score (nSPS) is 16.6. The van der Waals surface area contributed by atoms with Crippen molar-refractivity contribution in [1.82, 2.24) is 20.4 Å². The van der Waals surface area contributed by atoms with Crippen LogP contribution in [0, 0.1) is 0 Å². The van der Waals surface area contributed by atoms with Crippen molar-refractivity contribution in [3.63, 3.8) is 0 Å². The van der Waals surface area contributed by atoms with E-state index in [1.807, 2.05) is 36.3 Å². The van der Waals surface area contributed by atoms with Gasteiger partial charge >= 0.3 is 0 Å². The SMILES string of the molecule is CCNC(=NCC1Cc2ccccc2O1)NCCc1cnn(C)c1. The van der Waals surface area contributed by atoms with Crippen LogP contribution in [0.2, 0.25) is 0 Å². The second kappa shape index (κ2) is 7.86. The maximum Gasteiger partial charge on any atom is 0.191 e. The molecule has 128 valence electrons. The average Bonchev–Trinajstić information content (AvgIpc) is 3.18. The summed E-state index contributed by atoms with van der Waals surface area (Å²) >= 11 is 0. The summed E-state index contributed by atoms with van der Waals surface area (Å²) in [6, 6.07) is 8.21. The van der Waals surface area contributed by atoms with Gasteiger partial charge in [-0.1, -0.05) is 18.2 Å². The highest BCUT2D eigenvalue weighted by molar-refractivity contribution is 5.79. The molecule has 0 amide bonds. The molecule has 6 nitrogen and oxygen atoms in total. The number of hydrogen-bond donors (Lipinski definition) is 2. The molecule has 2 heterocycles. The van der Waals surface area contributed by atoms with E-state index in [9.17, 15) is 0 Å². The summed E-state index contributed by atoms with van der Waals surface area (Å²) < 4.78 is 7.76. The van der Waals surface area contributed by atoms with Gasteiger partial charge in [-0.3, -0.25) is 4.68 Å². The van der Waals surface area contributed by atoms with Gasteiger partial charge in [0.05, 0.1) is 12.7 Å². The molecule has 1 aromatic heterocycles. The van der Waals surface area contributed by atoms with Gasteiger partial charge < -0.3 is 15.4 Å². The summed E-state index contributed by atoms with van der Waals surface area (Å²) in [4.78, 5) is 4.66. The molecule has 0 aliphatic carbocycles. The zero-order valence-electron chi connectivity index (χ0n) is 14.3. The topological polar surface area (TPSA) is 63.5 Å². The van der Waals surface area contributed by atoms with E-state index in [4.69, 9.17) is 4.74 Å². The molecule has 1 atom stereocenters. The maximum atomic E-state index is 5.94. The van der Waals surface area contributed by atoms with Crippen LogP contribution in [0.5, 0.6) is 5.75 Å². The van der Waals surface area contributed by atoms with Gasteiger partial charge in [-0.05, 0) is 30.5 Å². The zero-order chi connectivity index (χ0) is 16.8. The van der Waals surface area contributed by atoms with Crippen LogP contribution in [0.4, 0.5) is 0 Å². The van der Waals surface area contributed by atoms with Gasteiger partial charge in [0.2, 0.25) is 0 Å². The van der Waals surface area contributed by atoms with E-state index in [0.717, 1.165) is 37.6 Å². The Bertz CT molecular complexity index is 669. The summed E-state index contributed by atoms with van der Waals surface area (Å²) in [6.45, 7) is 4.38. The Hall–Kier alpha value is -2.50. The number of aryl methyl sites for hydroxylation is 1. The molecule has 0 fully saturated rings. The zero-order valence-corrected chi connectivity index (χ0v) is 14.3. The molecular weight excluding hydrogens is 302 g/mol. The van der Waals surface area contributed by atoms with Crippen molar-refractivity contribution in [2.75, 3.05) is 19.6 Å². The van der Waals surface area contributed by atoms with Crippen LogP contribution in [0.25, 0.3) is 0 Å². The number of rotatable bonds is 6. The van der Waals surface area contributed by atoms with Crippen LogP contribution >= 0.6 is 0 Å². The molecule has 2 aromatic rings. The quantitative estimate of drug-likeness (QED) is 0.624. The number of hydrogen-bond acceptors (Lipinski definition) is 3. The molecule has 0 saturated carbocycles. The van der Waals surface area contributed by atoms with Crippen LogP contribution in [0.1, 0.15) is 18.1 Å². The number of guanidine groups is 1. The molecule has 1 aromatic carbocycles. The lowest BCUT2D eigenvalue weighted by molar-refractivity contribution is 0.241. The monoisotopic (exact) mass is 327 g/mol. The lowest BCUT2D eigenvalue weighted by Gasteiger charge is -2.13. The largest absolute Gasteiger partial charge is 0.488 e. The van der Waals surface area contributed by atoms with Gasteiger partial charge in [-0.15, -0.1) is 0 Å². The van der Waals surface area contributed by atoms with Crippen LogP contribution in [-0.4, -0.2) is 41.5 Å².